The fraction of sp³-hybridized carbons (Fsp3) is 0.667. The smallest absolute Gasteiger partial charge is 0.113 e. The van der Waals surface area contributed by atoms with Crippen molar-refractivity contribution < 1.29 is 5.11 Å². The molecule has 1 rings (SSSR count). The number of nitrogens with zero attached hydrogens (tertiary/aromatic N) is 1. The van der Waals surface area contributed by atoms with E-state index in [9.17, 15) is 5.11 Å². The Labute approximate surface area is 93.1 Å². The number of aliphatic hydroxyl groups is 1. The van der Waals surface area contributed by atoms with Gasteiger partial charge in [0, 0.05) is 6.54 Å². The highest BCUT2D eigenvalue weighted by atomic mass is 35.5. The Morgan fingerprint density at radius 3 is 3.07 bits per heavy atom. The number of nitrogens with one attached hydrogen (secondary N) is 1. The number of hydrogen-bond donors (Lipinski definition) is 2. The van der Waals surface area contributed by atoms with Crippen molar-refractivity contribution in [3.05, 3.63) is 15.5 Å². The quantitative estimate of drug-likeness (QED) is 0.741. The molecule has 1 aromatic heterocycles. The van der Waals surface area contributed by atoms with Gasteiger partial charge in [0.1, 0.15) is 9.34 Å². The van der Waals surface area contributed by atoms with E-state index in [1.807, 2.05) is 6.92 Å². The predicted octanol–water partition coefficient (Wildman–Crippen LogP) is 2.05. The molecule has 0 amide bonds. The van der Waals surface area contributed by atoms with Gasteiger partial charge in [-0.15, -0.1) is 11.3 Å². The van der Waals surface area contributed by atoms with Crippen molar-refractivity contribution in [1.29, 1.82) is 0 Å². The Hall–Kier alpha value is -0.160. The summed E-state index contributed by atoms with van der Waals surface area (Å²) in [7, 11) is 0. The van der Waals surface area contributed by atoms with Gasteiger partial charge in [0.2, 0.25) is 0 Å². The first-order chi connectivity index (χ1) is 6.72. The lowest BCUT2D eigenvalue weighted by Gasteiger charge is -2.07. The molecule has 0 saturated carbocycles. The third-order valence-electron chi connectivity index (χ3n) is 1.93. The summed E-state index contributed by atoms with van der Waals surface area (Å²) in [5.74, 6) is 0. The van der Waals surface area contributed by atoms with Crippen molar-refractivity contribution in [3.63, 3.8) is 0 Å². The van der Waals surface area contributed by atoms with Crippen LogP contribution in [-0.2, 0) is 6.54 Å². The number of thiazole rings is 1. The zero-order valence-electron chi connectivity index (χ0n) is 8.16. The summed E-state index contributed by atoms with van der Waals surface area (Å²) in [6, 6.07) is 0. The summed E-state index contributed by atoms with van der Waals surface area (Å²) in [5.41, 5.74) is 0. The number of hydrogen-bond acceptors (Lipinski definition) is 4. The van der Waals surface area contributed by atoms with Crippen LogP contribution in [0.4, 0.5) is 0 Å². The predicted molar refractivity (Wildman–Crippen MR) is 59.7 cm³/mol. The molecule has 1 heterocycles. The molecule has 3 nitrogen and oxygen atoms in total. The van der Waals surface area contributed by atoms with E-state index in [1.54, 1.807) is 6.20 Å². The Morgan fingerprint density at radius 2 is 2.50 bits per heavy atom. The monoisotopic (exact) mass is 234 g/mol. The molecule has 1 atom stereocenters. The molecule has 0 aliphatic heterocycles. The Balaban J connectivity index is 2.10. The van der Waals surface area contributed by atoms with Crippen molar-refractivity contribution in [1.82, 2.24) is 10.3 Å². The van der Waals surface area contributed by atoms with Crippen molar-refractivity contribution in [2.24, 2.45) is 0 Å². The average Bonchev–Trinajstić information content (AvgIpc) is 2.58. The first kappa shape index (κ1) is 11.9. The molecular weight excluding hydrogens is 220 g/mol. The van der Waals surface area contributed by atoms with E-state index in [-0.39, 0.29) is 6.10 Å². The summed E-state index contributed by atoms with van der Waals surface area (Å²) in [5, 5.41) is 13.5. The van der Waals surface area contributed by atoms with Crippen LogP contribution in [0, 0.1) is 0 Å². The maximum atomic E-state index is 9.29. The fourth-order valence-electron chi connectivity index (χ4n) is 1.04. The van der Waals surface area contributed by atoms with Gasteiger partial charge in [-0.05, 0) is 19.4 Å². The van der Waals surface area contributed by atoms with E-state index in [0.717, 1.165) is 35.3 Å². The lowest BCUT2D eigenvalue weighted by Crippen LogP contribution is -2.19. The van der Waals surface area contributed by atoms with Crippen LogP contribution in [0.3, 0.4) is 0 Å². The third kappa shape index (κ3) is 4.37. The van der Waals surface area contributed by atoms with Gasteiger partial charge in [0.25, 0.3) is 0 Å². The Bertz CT molecular complexity index is 267. The van der Waals surface area contributed by atoms with E-state index >= 15 is 0 Å². The topological polar surface area (TPSA) is 45.1 Å². The van der Waals surface area contributed by atoms with Crippen molar-refractivity contribution >= 4 is 22.9 Å². The van der Waals surface area contributed by atoms with Crippen LogP contribution in [0.1, 0.15) is 24.8 Å². The summed E-state index contributed by atoms with van der Waals surface area (Å²) in [4.78, 5) is 4.11. The summed E-state index contributed by atoms with van der Waals surface area (Å²) in [6.07, 6.45) is 3.06. The molecule has 0 aromatic carbocycles. The summed E-state index contributed by atoms with van der Waals surface area (Å²) >= 11 is 7.22. The number of aromatic nitrogens is 1. The molecule has 0 radical (unpaired) electrons. The molecule has 0 aliphatic carbocycles. The van der Waals surface area contributed by atoms with Crippen LogP contribution in [0.25, 0.3) is 0 Å². The van der Waals surface area contributed by atoms with Gasteiger partial charge in [0.15, 0.2) is 0 Å². The summed E-state index contributed by atoms with van der Waals surface area (Å²) in [6.45, 7) is 3.52. The molecule has 80 valence electrons. The molecule has 2 N–H and O–H groups in total. The van der Waals surface area contributed by atoms with Crippen LogP contribution in [0.5, 0.6) is 0 Å². The number of halogens is 1. The molecule has 5 heteroatoms. The fourth-order valence-corrected chi connectivity index (χ4v) is 1.96. The highest BCUT2D eigenvalue weighted by molar-refractivity contribution is 7.15. The first-order valence-electron chi connectivity index (χ1n) is 4.71. The molecule has 0 saturated heterocycles. The normalized spacial score (nSPS) is 13.1. The average molecular weight is 235 g/mol. The molecule has 14 heavy (non-hydrogen) atoms. The van der Waals surface area contributed by atoms with Crippen LogP contribution in [-0.4, -0.2) is 22.7 Å². The van der Waals surface area contributed by atoms with Gasteiger partial charge in [0.05, 0.1) is 12.3 Å². The largest absolute Gasteiger partial charge is 0.393 e. The molecular formula is C9H15ClN2OS. The third-order valence-corrected chi connectivity index (χ3v) is 3.04. The molecule has 0 spiro atoms. The number of rotatable bonds is 6. The minimum Gasteiger partial charge on any atom is -0.393 e. The van der Waals surface area contributed by atoms with Gasteiger partial charge in [-0.2, -0.15) is 0 Å². The zero-order valence-corrected chi connectivity index (χ0v) is 9.74. The lowest BCUT2D eigenvalue weighted by atomic mass is 10.2. The zero-order chi connectivity index (χ0) is 10.4. The lowest BCUT2D eigenvalue weighted by molar-refractivity contribution is 0.159. The highest BCUT2D eigenvalue weighted by Crippen LogP contribution is 2.17. The second kappa shape index (κ2) is 6.35. The molecule has 0 aliphatic rings. The molecule has 0 fully saturated rings. The van der Waals surface area contributed by atoms with E-state index in [1.165, 1.54) is 11.3 Å². The van der Waals surface area contributed by atoms with Gasteiger partial charge in [-0.1, -0.05) is 18.5 Å². The Morgan fingerprint density at radius 1 is 1.71 bits per heavy atom. The van der Waals surface area contributed by atoms with Gasteiger partial charge in [-0.25, -0.2) is 4.98 Å². The highest BCUT2D eigenvalue weighted by Gasteiger charge is 2.01. The molecule has 1 aromatic rings. The van der Waals surface area contributed by atoms with Crippen LogP contribution < -0.4 is 5.32 Å². The van der Waals surface area contributed by atoms with Gasteiger partial charge < -0.3 is 10.4 Å². The number of aliphatic hydroxyl groups excluding tert-OH is 1. The summed E-state index contributed by atoms with van der Waals surface area (Å²) < 4.78 is 0.718. The van der Waals surface area contributed by atoms with Gasteiger partial charge in [-0.3, -0.25) is 0 Å². The van der Waals surface area contributed by atoms with Crippen molar-refractivity contribution in [2.75, 3.05) is 6.54 Å². The van der Waals surface area contributed by atoms with Crippen LogP contribution in [0.2, 0.25) is 4.34 Å². The second-order valence-corrected chi connectivity index (χ2v) is 4.83. The first-order valence-corrected chi connectivity index (χ1v) is 5.90. The van der Waals surface area contributed by atoms with E-state index in [2.05, 4.69) is 10.3 Å². The molecule has 0 bridgehead atoms. The van der Waals surface area contributed by atoms with E-state index in [0.29, 0.717) is 0 Å². The Kier molecular flexibility index (Phi) is 5.40. The van der Waals surface area contributed by atoms with Crippen LogP contribution >= 0.6 is 22.9 Å². The van der Waals surface area contributed by atoms with Crippen molar-refractivity contribution in [3.8, 4) is 0 Å². The van der Waals surface area contributed by atoms with E-state index < -0.39 is 0 Å². The molecule has 1 unspecified atom stereocenters. The van der Waals surface area contributed by atoms with Gasteiger partial charge >= 0.3 is 0 Å². The van der Waals surface area contributed by atoms with Crippen LogP contribution in [0.15, 0.2) is 6.20 Å². The van der Waals surface area contributed by atoms with Crippen molar-refractivity contribution in [2.45, 2.75) is 32.4 Å². The second-order valence-electron chi connectivity index (χ2n) is 3.09. The SMILES string of the molecule is CCC(O)CCNCc1ncc(Cl)s1. The maximum Gasteiger partial charge on any atom is 0.113 e. The standard InChI is InChI=1S/C9H15ClN2OS/c1-2-7(13)3-4-11-6-9-12-5-8(10)14-9/h5,7,11,13H,2-4,6H2,1H3. The maximum absolute atomic E-state index is 9.29. The minimum absolute atomic E-state index is 0.192. The van der Waals surface area contributed by atoms with E-state index in [4.69, 9.17) is 11.6 Å². The minimum atomic E-state index is -0.192.